The van der Waals surface area contributed by atoms with E-state index in [-0.39, 0.29) is 29.9 Å². The van der Waals surface area contributed by atoms with Crippen molar-refractivity contribution in [1.82, 2.24) is 4.37 Å². The van der Waals surface area contributed by atoms with Crippen molar-refractivity contribution in [1.29, 1.82) is 0 Å². The van der Waals surface area contributed by atoms with Gasteiger partial charge in [-0.05, 0) is 30.2 Å². The third kappa shape index (κ3) is 4.90. The lowest BCUT2D eigenvalue weighted by Crippen LogP contribution is -2.09. The van der Waals surface area contributed by atoms with Crippen molar-refractivity contribution in [3.63, 3.8) is 0 Å². The Balaban J connectivity index is 2.41. The number of nitrogens with zero attached hydrogens (tertiary/aromatic N) is 1. The molecular weight excluding hydrogens is 275 g/mol. The summed E-state index contributed by atoms with van der Waals surface area (Å²) in [5.74, 6) is 0.588. The monoisotopic (exact) mass is 287 g/mol. The minimum Gasteiger partial charge on any atom is -0.487 e. The van der Waals surface area contributed by atoms with Gasteiger partial charge in [0.2, 0.25) is 0 Å². The Kier molecular flexibility index (Phi) is 5.19. The second kappa shape index (κ2) is 6.20. The van der Waals surface area contributed by atoms with E-state index < -0.39 is 5.51 Å². The van der Waals surface area contributed by atoms with Crippen molar-refractivity contribution < 1.29 is 17.9 Å². The van der Waals surface area contributed by atoms with Crippen molar-refractivity contribution in [3.05, 3.63) is 0 Å². The van der Waals surface area contributed by atoms with Gasteiger partial charge in [0.1, 0.15) is 0 Å². The Hall–Kier alpha value is -0.830. The molecule has 0 spiro atoms. The Morgan fingerprint density at radius 1 is 1.53 bits per heavy atom. The number of rotatable bonds is 6. The molecule has 0 aliphatic rings. The Morgan fingerprint density at radius 2 is 2.24 bits per heavy atom. The molecule has 98 valence electrons. The first-order valence-electron chi connectivity index (χ1n) is 4.76. The maximum absolute atomic E-state index is 11.9. The van der Waals surface area contributed by atoms with E-state index in [2.05, 4.69) is 9.69 Å². The van der Waals surface area contributed by atoms with E-state index in [4.69, 9.17) is 10.5 Å². The summed E-state index contributed by atoms with van der Waals surface area (Å²) in [6.07, 6.45) is 0. The highest BCUT2D eigenvalue weighted by molar-refractivity contribution is 8.00. The van der Waals surface area contributed by atoms with Gasteiger partial charge in [-0.3, -0.25) is 0 Å². The normalized spacial score (nSPS) is 11.5. The molecule has 0 aliphatic carbocycles. The molecule has 0 bridgehead atoms. The van der Waals surface area contributed by atoms with Crippen molar-refractivity contribution >= 4 is 34.1 Å². The first-order valence-corrected chi connectivity index (χ1v) is 6.52. The van der Waals surface area contributed by atoms with Crippen LogP contribution in [0.1, 0.15) is 6.92 Å². The number of alkyl halides is 3. The number of halogens is 3. The van der Waals surface area contributed by atoms with Crippen LogP contribution in [0.3, 0.4) is 0 Å². The van der Waals surface area contributed by atoms with Gasteiger partial charge in [-0.15, -0.1) is 0 Å². The van der Waals surface area contributed by atoms with Crippen LogP contribution in [0.5, 0.6) is 5.75 Å². The molecule has 0 atom stereocenters. The molecule has 17 heavy (non-hydrogen) atoms. The third-order valence-electron chi connectivity index (χ3n) is 1.62. The Morgan fingerprint density at radius 3 is 2.82 bits per heavy atom. The summed E-state index contributed by atoms with van der Waals surface area (Å²) < 4.78 is 44.7. The fourth-order valence-corrected chi connectivity index (χ4v) is 2.14. The van der Waals surface area contributed by atoms with E-state index in [1.807, 2.05) is 0 Å². The summed E-state index contributed by atoms with van der Waals surface area (Å²) in [6.45, 7) is 2.39. The molecule has 0 aliphatic heterocycles. The summed E-state index contributed by atoms with van der Waals surface area (Å²) in [5, 5.41) is 3.38. The molecule has 3 N–H and O–H groups in total. The van der Waals surface area contributed by atoms with E-state index in [0.717, 1.165) is 11.5 Å². The average Bonchev–Trinajstić information content (AvgIpc) is 2.55. The Labute approximate surface area is 105 Å². The molecule has 4 nitrogen and oxygen atoms in total. The van der Waals surface area contributed by atoms with E-state index in [1.165, 1.54) is 0 Å². The van der Waals surface area contributed by atoms with Crippen molar-refractivity contribution in [2.45, 2.75) is 12.4 Å². The molecule has 1 aromatic rings. The number of anilines is 2. The molecule has 0 saturated carbocycles. The molecule has 0 radical (unpaired) electrons. The van der Waals surface area contributed by atoms with Crippen LogP contribution in [0.15, 0.2) is 0 Å². The van der Waals surface area contributed by atoms with Crippen LogP contribution in [0.25, 0.3) is 0 Å². The number of hydrogen-bond donors (Lipinski definition) is 2. The molecule has 1 heterocycles. The summed E-state index contributed by atoms with van der Waals surface area (Å²) in [7, 11) is 0. The number of nitrogens with one attached hydrogen (secondary N) is 1. The van der Waals surface area contributed by atoms with E-state index in [1.54, 1.807) is 6.92 Å². The second-order valence-electron chi connectivity index (χ2n) is 2.88. The first kappa shape index (κ1) is 14.2. The van der Waals surface area contributed by atoms with Crippen LogP contribution >= 0.6 is 23.3 Å². The number of hydrogen-bond acceptors (Lipinski definition) is 6. The first-order chi connectivity index (χ1) is 7.94. The largest absolute Gasteiger partial charge is 0.487 e. The number of aromatic nitrogens is 1. The van der Waals surface area contributed by atoms with E-state index in [9.17, 15) is 13.2 Å². The second-order valence-corrected chi connectivity index (χ2v) is 4.81. The molecule has 0 saturated heterocycles. The fraction of sp³-hybridized carbons (Fsp3) is 0.625. The van der Waals surface area contributed by atoms with Crippen molar-refractivity contribution in [2.75, 3.05) is 30.0 Å². The fourth-order valence-electron chi connectivity index (χ4n) is 1.02. The molecule has 0 fully saturated rings. The van der Waals surface area contributed by atoms with Crippen LogP contribution in [0.4, 0.5) is 24.0 Å². The standard InChI is InChI=1S/C8H12F3N3OS2/c1-2-15-5-6(12)14-17-7(5)13-3-4-16-8(9,10)11/h13H,2-4H2,1H3,(H2,12,14). The molecule has 0 amide bonds. The summed E-state index contributed by atoms with van der Waals surface area (Å²) in [4.78, 5) is 0. The molecule has 0 aromatic carbocycles. The number of nitrogen functional groups attached to an aromatic ring is 1. The quantitative estimate of drug-likeness (QED) is 0.788. The highest BCUT2D eigenvalue weighted by Gasteiger charge is 2.27. The highest BCUT2D eigenvalue weighted by Crippen LogP contribution is 2.35. The summed E-state index contributed by atoms with van der Waals surface area (Å²) >= 11 is 1.00. The number of nitrogens with two attached hydrogens (primary N) is 1. The molecule has 9 heteroatoms. The number of thioether (sulfide) groups is 1. The highest BCUT2D eigenvalue weighted by atomic mass is 32.2. The average molecular weight is 287 g/mol. The zero-order chi connectivity index (χ0) is 12.9. The van der Waals surface area contributed by atoms with Gasteiger partial charge in [0, 0.05) is 12.3 Å². The van der Waals surface area contributed by atoms with Gasteiger partial charge in [-0.25, -0.2) is 0 Å². The smallest absolute Gasteiger partial charge is 0.441 e. The lowest BCUT2D eigenvalue weighted by Gasteiger charge is -2.08. The lowest BCUT2D eigenvalue weighted by molar-refractivity contribution is -0.0327. The van der Waals surface area contributed by atoms with Crippen molar-refractivity contribution in [3.8, 4) is 5.75 Å². The van der Waals surface area contributed by atoms with E-state index >= 15 is 0 Å². The van der Waals surface area contributed by atoms with Crippen LogP contribution in [-0.4, -0.2) is 28.8 Å². The topological polar surface area (TPSA) is 60.2 Å². The number of ether oxygens (including phenoxy) is 1. The van der Waals surface area contributed by atoms with E-state index in [0.29, 0.717) is 17.4 Å². The Bertz CT molecular complexity index is 356. The van der Waals surface area contributed by atoms with Crippen LogP contribution in [-0.2, 0) is 0 Å². The van der Waals surface area contributed by atoms with Gasteiger partial charge in [0.25, 0.3) is 0 Å². The third-order valence-corrected chi connectivity index (χ3v) is 3.15. The molecular formula is C8H12F3N3OS2. The van der Waals surface area contributed by atoms with Gasteiger partial charge in [0.05, 0.1) is 6.61 Å². The molecule has 0 unspecified atom stereocenters. The van der Waals surface area contributed by atoms with Gasteiger partial charge in [0.15, 0.2) is 16.6 Å². The summed E-state index contributed by atoms with van der Waals surface area (Å²) in [5.41, 5.74) is 1.35. The maximum Gasteiger partial charge on any atom is 0.441 e. The zero-order valence-corrected chi connectivity index (χ0v) is 10.6. The van der Waals surface area contributed by atoms with Gasteiger partial charge in [-0.1, -0.05) is 0 Å². The van der Waals surface area contributed by atoms with Gasteiger partial charge < -0.3 is 15.8 Å². The molecule has 1 aromatic heterocycles. The van der Waals surface area contributed by atoms with Crippen LogP contribution in [0, 0.1) is 0 Å². The van der Waals surface area contributed by atoms with Crippen LogP contribution in [0.2, 0.25) is 0 Å². The predicted octanol–water partition coefficient (Wildman–Crippen LogP) is 2.79. The van der Waals surface area contributed by atoms with Gasteiger partial charge in [-0.2, -0.15) is 17.5 Å². The maximum atomic E-state index is 11.9. The SMILES string of the molecule is CCOc1c(N)nsc1NCCSC(F)(F)F. The van der Waals surface area contributed by atoms with Crippen LogP contribution < -0.4 is 15.8 Å². The molecule has 1 rings (SSSR count). The zero-order valence-electron chi connectivity index (χ0n) is 9.00. The minimum atomic E-state index is -4.20. The predicted molar refractivity (Wildman–Crippen MR) is 64.7 cm³/mol. The lowest BCUT2D eigenvalue weighted by atomic mass is 10.5. The van der Waals surface area contributed by atoms with Crippen molar-refractivity contribution in [2.24, 2.45) is 0 Å². The minimum absolute atomic E-state index is 0.0715. The summed E-state index contributed by atoms with van der Waals surface area (Å²) in [6, 6.07) is 0. The van der Waals surface area contributed by atoms with Gasteiger partial charge >= 0.3 is 5.51 Å².